The van der Waals surface area contributed by atoms with Gasteiger partial charge in [0, 0.05) is 11.6 Å². The van der Waals surface area contributed by atoms with Crippen molar-refractivity contribution >= 4 is 0 Å². The van der Waals surface area contributed by atoms with Crippen LogP contribution in [0.4, 0.5) is 0 Å². The molecule has 1 atom stereocenters. The van der Waals surface area contributed by atoms with Gasteiger partial charge in [0.2, 0.25) is 0 Å². The summed E-state index contributed by atoms with van der Waals surface area (Å²) in [6.07, 6.45) is -0.758. The van der Waals surface area contributed by atoms with Gasteiger partial charge in [-0.3, -0.25) is 0 Å². The van der Waals surface area contributed by atoms with E-state index in [-0.39, 0.29) is 12.5 Å². The van der Waals surface area contributed by atoms with E-state index < -0.39 is 6.10 Å². The molecule has 0 saturated heterocycles. The first kappa shape index (κ1) is 15.9. The minimum atomic E-state index is -0.758. The van der Waals surface area contributed by atoms with Crippen LogP contribution in [-0.2, 0) is 0 Å². The Morgan fingerprint density at radius 1 is 1.08 bits per heavy atom. The van der Waals surface area contributed by atoms with Gasteiger partial charge in [0.15, 0.2) is 5.76 Å². The molecule has 0 aliphatic rings. The highest BCUT2D eigenvalue weighted by molar-refractivity contribution is 5.58. The molecule has 1 unspecified atom stereocenters. The second-order valence-corrected chi connectivity index (χ2v) is 5.18. The van der Waals surface area contributed by atoms with Crippen LogP contribution >= 0.6 is 0 Å². The highest BCUT2D eigenvalue weighted by Gasteiger charge is 2.10. The van der Waals surface area contributed by atoms with Crippen LogP contribution in [0.1, 0.15) is 11.7 Å². The van der Waals surface area contributed by atoms with Crippen molar-refractivity contribution in [2.45, 2.75) is 6.10 Å². The van der Waals surface area contributed by atoms with Gasteiger partial charge >= 0.3 is 0 Å². The molecule has 0 fully saturated rings. The van der Waals surface area contributed by atoms with Crippen LogP contribution in [0.25, 0.3) is 11.3 Å². The fourth-order valence-corrected chi connectivity index (χ4v) is 2.24. The van der Waals surface area contributed by atoms with Gasteiger partial charge in [0.05, 0.1) is 7.11 Å². The molecule has 1 aromatic heterocycles. The smallest absolute Gasteiger partial charge is 0.252 e. The van der Waals surface area contributed by atoms with Crippen molar-refractivity contribution in [1.82, 2.24) is 5.16 Å². The summed E-state index contributed by atoms with van der Waals surface area (Å²) < 4.78 is 15.7. The van der Waals surface area contributed by atoms with Gasteiger partial charge in [0.25, 0.3) is 5.88 Å². The summed E-state index contributed by atoms with van der Waals surface area (Å²) in [5, 5.41) is 22.8. The maximum absolute atomic E-state index is 10.2. The third kappa shape index (κ3) is 3.67. The first-order valence-corrected chi connectivity index (χ1v) is 7.36. The van der Waals surface area contributed by atoms with E-state index in [4.69, 9.17) is 14.0 Å². The highest BCUT2D eigenvalue weighted by atomic mass is 16.5. The van der Waals surface area contributed by atoms with Gasteiger partial charge in [-0.1, -0.05) is 12.1 Å². The predicted molar refractivity (Wildman–Crippen MR) is 87.1 cm³/mol. The van der Waals surface area contributed by atoms with Crippen LogP contribution in [0.15, 0.2) is 59.1 Å². The molecule has 6 nitrogen and oxygen atoms in total. The molecular weight excluding hydrogens is 310 g/mol. The Hall–Kier alpha value is -2.99. The lowest BCUT2D eigenvalue weighted by molar-refractivity contribution is 0.108. The number of methoxy groups -OCH3 is 1. The molecule has 0 amide bonds. The Balaban J connectivity index is 1.62. The molecule has 1 heterocycles. The molecule has 0 radical (unpaired) electrons. The standard InChI is InChI=1S/C18H17NO5/c1-22-15-4-2-3-13(9-15)16(20)11-23-14-7-5-12(6-8-14)17-10-18(21)19-24-17/h2-10,16,20H,11H2,1H3,(H,19,21). The van der Waals surface area contributed by atoms with Gasteiger partial charge in [0.1, 0.15) is 24.2 Å². The van der Waals surface area contributed by atoms with Crippen molar-refractivity contribution in [2.75, 3.05) is 13.7 Å². The van der Waals surface area contributed by atoms with E-state index in [1.54, 1.807) is 37.4 Å². The number of rotatable bonds is 6. The third-order valence-electron chi connectivity index (χ3n) is 3.52. The van der Waals surface area contributed by atoms with Gasteiger partial charge in [-0.15, -0.1) is 0 Å². The van der Waals surface area contributed by atoms with Crippen LogP contribution < -0.4 is 9.47 Å². The van der Waals surface area contributed by atoms with Gasteiger partial charge in [-0.25, -0.2) is 0 Å². The lowest BCUT2D eigenvalue weighted by atomic mass is 10.1. The van der Waals surface area contributed by atoms with Crippen LogP contribution in [0.3, 0.4) is 0 Å². The first-order chi connectivity index (χ1) is 11.7. The molecule has 2 N–H and O–H groups in total. The number of benzene rings is 2. The lowest BCUT2D eigenvalue weighted by Gasteiger charge is -2.13. The zero-order chi connectivity index (χ0) is 16.9. The zero-order valence-corrected chi connectivity index (χ0v) is 13.0. The Kier molecular flexibility index (Phi) is 4.67. The summed E-state index contributed by atoms with van der Waals surface area (Å²) in [6, 6.07) is 15.7. The van der Waals surface area contributed by atoms with Crippen LogP contribution in [0.2, 0.25) is 0 Å². The highest BCUT2D eigenvalue weighted by Crippen LogP contribution is 2.26. The summed E-state index contributed by atoms with van der Waals surface area (Å²) in [5.41, 5.74) is 1.49. The summed E-state index contributed by atoms with van der Waals surface area (Å²) >= 11 is 0. The van der Waals surface area contributed by atoms with Crippen molar-refractivity contribution in [3.05, 3.63) is 60.2 Å². The molecule has 0 spiro atoms. The van der Waals surface area contributed by atoms with E-state index in [1.165, 1.54) is 6.07 Å². The first-order valence-electron chi connectivity index (χ1n) is 7.36. The van der Waals surface area contributed by atoms with Gasteiger partial charge < -0.3 is 24.2 Å². The van der Waals surface area contributed by atoms with Crippen molar-refractivity contribution in [1.29, 1.82) is 0 Å². The largest absolute Gasteiger partial charge is 0.497 e. The monoisotopic (exact) mass is 327 g/mol. The molecule has 0 aliphatic heterocycles. The molecule has 124 valence electrons. The van der Waals surface area contributed by atoms with Gasteiger partial charge in [-0.2, -0.15) is 0 Å². The maximum atomic E-state index is 10.2. The molecule has 6 heteroatoms. The Morgan fingerprint density at radius 2 is 1.88 bits per heavy atom. The Labute approximate surface area is 138 Å². The number of nitrogens with zero attached hydrogens (tertiary/aromatic N) is 1. The second kappa shape index (κ2) is 7.06. The molecule has 0 saturated carbocycles. The van der Waals surface area contributed by atoms with Gasteiger partial charge in [-0.05, 0) is 47.1 Å². The molecular formula is C18H17NO5. The Morgan fingerprint density at radius 3 is 2.54 bits per heavy atom. The second-order valence-electron chi connectivity index (χ2n) is 5.18. The number of ether oxygens (including phenoxy) is 2. The van der Waals surface area contributed by atoms with Crippen molar-refractivity contribution in [2.24, 2.45) is 0 Å². The molecule has 3 aromatic rings. The quantitative estimate of drug-likeness (QED) is 0.723. The number of aromatic nitrogens is 1. The van der Waals surface area contributed by atoms with Crippen LogP contribution in [0, 0.1) is 0 Å². The van der Waals surface area contributed by atoms with E-state index in [9.17, 15) is 10.2 Å². The third-order valence-corrected chi connectivity index (χ3v) is 3.52. The lowest BCUT2D eigenvalue weighted by Crippen LogP contribution is -2.09. The summed E-state index contributed by atoms with van der Waals surface area (Å²) in [7, 11) is 1.58. The number of aliphatic hydroxyl groups excluding tert-OH is 1. The number of hydrogen-bond donors (Lipinski definition) is 2. The topological polar surface area (TPSA) is 85.0 Å². The molecule has 24 heavy (non-hydrogen) atoms. The van der Waals surface area contributed by atoms with Crippen molar-refractivity contribution < 1.29 is 24.2 Å². The van der Waals surface area contributed by atoms with Crippen molar-refractivity contribution in [3.63, 3.8) is 0 Å². The fourth-order valence-electron chi connectivity index (χ4n) is 2.24. The molecule has 0 bridgehead atoms. The molecule has 3 rings (SSSR count). The number of aromatic hydroxyl groups is 1. The SMILES string of the molecule is COc1cccc(C(O)COc2ccc(-c3cc(O)no3)cc2)c1. The average Bonchev–Trinajstić information content (AvgIpc) is 3.06. The Bertz CT molecular complexity index is 797. The minimum Gasteiger partial charge on any atom is -0.497 e. The number of aliphatic hydroxyl groups is 1. The average molecular weight is 327 g/mol. The zero-order valence-electron chi connectivity index (χ0n) is 13.0. The molecule has 0 aliphatic carbocycles. The fraction of sp³-hybridized carbons (Fsp3) is 0.167. The van der Waals surface area contributed by atoms with E-state index in [2.05, 4.69) is 5.16 Å². The van der Waals surface area contributed by atoms with E-state index >= 15 is 0 Å². The molecule has 2 aromatic carbocycles. The van der Waals surface area contributed by atoms with Crippen LogP contribution in [-0.4, -0.2) is 29.1 Å². The van der Waals surface area contributed by atoms with Crippen LogP contribution in [0.5, 0.6) is 17.4 Å². The van der Waals surface area contributed by atoms with Crippen molar-refractivity contribution in [3.8, 4) is 28.7 Å². The van der Waals surface area contributed by atoms with E-state index in [0.717, 1.165) is 11.1 Å². The van der Waals surface area contributed by atoms with E-state index in [1.807, 2.05) is 18.2 Å². The summed E-state index contributed by atoms with van der Waals surface area (Å²) in [6.45, 7) is 0.121. The normalized spacial score (nSPS) is 11.9. The van der Waals surface area contributed by atoms with E-state index in [0.29, 0.717) is 17.3 Å². The predicted octanol–water partition coefficient (Wildman–Crippen LogP) is 3.17. The maximum Gasteiger partial charge on any atom is 0.252 e. The number of hydrogen-bond acceptors (Lipinski definition) is 6. The minimum absolute atomic E-state index is 0.121. The summed E-state index contributed by atoms with van der Waals surface area (Å²) in [5.74, 6) is 1.61. The summed E-state index contributed by atoms with van der Waals surface area (Å²) in [4.78, 5) is 0.